The first-order valence-electron chi connectivity index (χ1n) is 23.7. The van der Waals surface area contributed by atoms with Crippen molar-refractivity contribution in [2.45, 2.75) is 129 Å². The lowest BCUT2D eigenvalue weighted by Crippen LogP contribution is -2.64. The maximum Gasteiger partial charge on any atom is 0.330 e. The van der Waals surface area contributed by atoms with E-state index in [0.29, 0.717) is 0 Å². The van der Waals surface area contributed by atoms with Gasteiger partial charge >= 0.3 is 5.97 Å². The van der Waals surface area contributed by atoms with Crippen molar-refractivity contribution in [3.8, 4) is 40.2 Å². The third-order valence-corrected chi connectivity index (χ3v) is 13.2. The van der Waals surface area contributed by atoms with Crippen LogP contribution in [0.25, 0.3) is 12.2 Å². The van der Waals surface area contributed by atoms with Gasteiger partial charge in [0.05, 0.1) is 31.5 Å². The minimum Gasteiger partial charge on any atom is -0.571 e. The maximum atomic E-state index is 13.1. The molecule has 424 valence electrons. The molecule has 77 heavy (non-hydrogen) atoms. The molecule has 21 unspecified atom stereocenters. The fraction of sp³-hybridized carbons (Fsp3) is 0.521. The molecule has 0 aromatic heterocycles. The van der Waals surface area contributed by atoms with E-state index in [1.54, 1.807) is 0 Å². The molecule has 3 aromatic carbocycles. The summed E-state index contributed by atoms with van der Waals surface area (Å²) in [7, 11) is 0. The molecule has 21 atom stereocenters. The lowest BCUT2D eigenvalue weighted by Gasteiger charge is -2.46. The van der Waals surface area contributed by atoms with Crippen LogP contribution in [0.3, 0.4) is 0 Å². The Morgan fingerprint density at radius 3 is 1.65 bits per heavy atom. The van der Waals surface area contributed by atoms with Crippen molar-refractivity contribution < 1.29 is 144 Å². The maximum absolute atomic E-state index is 13.1. The van der Waals surface area contributed by atoms with Crippen molar-refractivity contribution in [3.63, 3.8) is 0 Å². The van der Waals surface area contributed by atoms with Crippen LogP contribution in [0.1, 0.15) is 22.8 Å². The molecule has 0 aliphatic carbocycles. The van der Waals surface area contributed by atoms with Gasteiger partial charge in [0.15, 0.2) is 41.2 Å². The van der Waals surface area contributed by atoms with Gasteiger partial charge in [-0.2, -0.15) is 0 Å². The molecule has 5 heterocycles. The van der Waals surface area contributed by atoms with E-state index in [2.05, 4.69) is 4.74 Å². The molecule has 3 aromatic rings. The fourth-order valence-corrected chi connectivity index (χ4v) is 8.86. The number of aliphatic hydroxyl groups excluding tert-OH is 14. The number of ether oxygens (including phenoxy) is 10. The van der Waals surface area contributed by atoms with Crippen molar-refractivity contribution in [1.82, 2.24) is 0 Å². The summed E-state index contributed by atoms with van der Waals surface area (Å²) in [6.07, 6.45) is -34.4. The van der Waals surface area contributed by atoms with Gasteiger partial charge in [0.25, 0.3) is 11.9 Å². The van der Waals surface area contributed by atoms with E-state index in [1.165, 1.54) is 30.4 Å². The van der Waals surface area contributed by atoms with E-state index in [1.807, 2.05) is 0 Å². The quantitative estimate of drug-likeness (QED) is 0.0275. The molecule has 5 aliphatic heterocycles. The van der Waals surface area contributed by atoms with Gasteiger partial charge in [-0.05, 0) is 42.0 Å². The SMILES string of the molecule is O=C(C=Cc1ccc(OC2OC(CO)C(O)C(O)C2O)c(O)c1)OCC1OC(OC2=Cc3c(OC4OC(CO)C(O)C(O)C4O)cc(O)cc3[OH+]C2c2ccc(O)c(O)c2)C(OC2OC(CO)C(O)C(O)C2O)C(O)C1O. The van der Waals surface area contributed by atoms with Crippen molar-refractivity contribution in [2.75, 3.05) is 26.4 Å². The van der Waals surface area contributed by atoms with Crippen LogP contribution in [-0.4, -0.2) is 252 Å². The highest BCUT2D eigenvalue weighted by atomic mass is 16.8. The third-order valence-electron chi connectivity index (χ3n) is 13.2. The zero-order valence-electron chi connectivity index (χ0n) is 39.9. The normalized spacial score (nSPS) is 37.3. The summed E-state index contributed by atoms with van der Waals surface area (Å²) in [6, 6.07) is 9.38. The Bertz CT molecular complexity index is 2580. The van der Waals surface area contributed by atoms with Crippen molar-refractivity contribution in [1.29, 1.82) is 0 Å². The molecule has 4 saturated heterocycles. The average molecular weight is 1100 g/mol. The highest BCUT2D eigenvalue weighted by Gasteiger charge is 2.53. The van der Waals surface area contributed by atoms with Crippen molar-refractivity contribution in [2.24, 2.45) is 0 Å². The number of aromatic hydroxyl groups is 5. The molecular weight excluding hydrogens is 1040 g/mol. The van der Waals surface area contributed by atoms with Crippen LogP contribution < -0.4 is 9.47 Å². The zero-order valence-corrected chi connectivity index (χ0v) is 39.9. The Labute approximate surface area is 434 Å². The second-order valence-electron chi connectivity index (χ2n) is 18.5. The van der Waals surface area contributed by atoms with Crippen LogP contribution in [0.15, 0.2) is 60.4 Å². The van der Waals surface area contributed by atoms with Crippen LogP contribution in [0.2, 0.25) is 0 Å². The van der Waals surface area contributed by atoms with Crippen LogP contribution in [0, 0.1) is 0 Å². The predicted octanol–water partition coefficient (Wildman–Crippen LogP) is -5.89. The van der Waals surface area contributed by atoms with Crippen LogP contribution in [0.5, 0.6) is 40.2 Å². The fourth-order valence-electron chi connectivity index (χ4n) is 8.86. The Balaban J connectivity index is 1.07. The van der Waals surface area contributed by atoms with Gasteiger partial charge in [0, 0.05) is 18.2 Å². The molecule has 5 aliphatic rings. The number of hydrogen-bond acceptors (Lipinski definition) is 28. The van der Waals surface area contributed by atoms with Crippen LogP contribution in [0.4, 0.5) is 0 Å². The molecule has 0 spiro atoms. The number of esters is 1. The highest BCUT2D eigenvalue weighted by molar-refractivity contribution is 5.87. The number of rotatable bonds is 16. The van der Waals surface area contributed by atoms with Crippen molar-refractivity contribution >= 4 is 18.1 Å². The summed E-state index contributed by atoms with van der Waals surface area (Å²) in [5.74, 6) is -4.23. The topological polar surface area (TPSA) is 477 Å². The second-order valence-corrected chi connectivity index (χ2v) is 18.5. The van der Waals surface area contributed by atoms with E-state index < -0.39 is 184 Å². The average Bonchev–Trinajstić information content (AvgIpc) is 3.41. The number of fused-ring (bicyclic) bond motifs is 1. The summed E-state index contributed by atoms with van der Waals surface area (Å²) in [5.41, 5.74) is 0.201. The van der Waals surface area contributed by atoms with E-state index in [9.17, 15) is 96.7 Å². The Kier molecular flexibility index (Phi) is 18.0. The van der Waals surface area contributed by atoms with Gasteiger partial charge in [0.1, 0.15) is 115 Å². The second kappa shape index (κ2) is 24.1. The van der Waals surface area contributed by atoms with E-state index >= 15 is 0 Å². The Hall–Kier alpha value is -5.75. The smallest absolute Gasteiger partial charge is 0.330 e. The first-order valence-corrected chi connectivity index (χ1v) is 23.7. The molecule has 0 radical (unpaired) electrons. The Morgan fingerprint density at radius 2 is 1.08 bits per heavy atom. The lowest BCUT2D eigenvalue weighted by atomic mass is 9.97. The van der Waals surface area contributed by atoms with E-state index in [-0.39, 0.29) is 39.7 Å². The minimum absolute atomic E-state index is 0.0571. The van der Waals surface area contributed by atoms with E-state index in [0.717, 1.165) is 36.4 Å². The summed E-state index contributed by atoms with van der Waals surface area (Å²) in [5, 5.41) is 189. The number of hydrogen-bond donors (Lipinski definition) is 18. The summed E-state index contributed by atoms with van der Waals surface area (Å²) >= 11 is 0. The number of benzene rings is 3. The van der Waals surface area contributed by atoms with Gasteiger partial charge in [-0.3, -0.25) is 0 Å². The van der Waals surface area contributed by atoms with Gasteiger partial charge in [-0.1, -0.05) is 6.07 Å². The third kappa shape index (κ3) is 12.1. The van der Waals surface area contributed by atoms with Gasteiger partial charge in [0.2, 0.25) is 18.9 Å². The van der Waals surface area contributed by atoms with E-state index in [4.69, 9.17) is 42.6 Å². The number of phenols is 4. The molecule has 29 heteroatoms. The zero-order chi connectivity index (χ0) is 55.7. The minimum atomic E-state index is -2.14. The molecule has 0 saturated carbocycles. The number of phenolic OH excluding ortho intramolecular Hbond substituents is 4. The predicted molar refractivity (Wildman–Crippen MR) is 248 cm³/mol. The van der Waals surface area contributed by atoms with Crippen molar-refractivity contribution in [3.05, 3.63) is 77.1 Å². The summed E-state index contributed by atoms with van der Waals surface area (Å²) < 4.78 is 56.1. The highest BCUT2D eigenvalue weighted by Crippen LogP contribution is 2.48. The lowest BCUT2D eigenvalue weighted by molar-refractivity contribution is -0.364. The number of aliphatic hydroxyl groups is 15. The number of carbonyl (C=O) groups is 1. The summed E-state index contributed by atoms with van der Waals surface area (Å²) in [6.45, 7) is -3.30. The molecule has 0 amide bonds. The standard InChI is InChI=1S/C48H58O29/c49-12-27-32(57)36(61)40(65)45(73-27)70-23-5-1-16(7-22(23)55)2-6-31(56)68-15-30-35(60)39(64)44(77-47-42(67)38(63)34(59)29(14-51)75-47)48(76-30)72-26-11-19-24(69-43(26)17-3-4-20(53)21(54)8-17)9-18(52)10-25(19)71-46-41(66)37(62)33(58)28(13-50)74-46/h1-11,27-30,32-55,57-67H,12-15H2/p+1. The summed E-state index contributed by atoms with van der Waals surface area (Å²) in [4.78, 5) is 13.1. The van der Waals surface area contributed by atoms with Crippen LogP contribution >= 0.6 is 0 Å². The largest absolute Gasteiger partial charge is 0.571 e. The molecule has 19 N–H and O–H groups in total. The van der Waals surface area contributed by atoms with Gasteiger partial charge in [-0.15, -0.1) is 0 Å². The molecule has 4 fully saturated rings. The Morgan fingerprint density at radius 1 is 0.532 bits per heavy atom. The molecular formula is C48H59O29+. The monoisotopic (exact) mass is 1100 g/mol. The number of carbonyl (C=O) groups excluding carboxylic acids is 1. The molecule has 0 bridgehead atoms. The van der Waals surface area contributed by atoms with Gasteiger partial charge < -0.3 is 139 Å². The van der Waals surface area contributed by atoms with Gasteiger partial charge in [-0.25, -0.2) is 4.79 Å². The molecule has 8 rings (SSSR count). The molecule has 29 nitrogen and oxygen atoms in total. The van der Waals surface area contributed by atoms with Crippen LogP contribution in [-0.2, 0) is 38.0 Å². The first-order chi connectivity index (χ1) is 36.6. The first kappa shape index (κ1) is 57.4.